The first kappa shape index (κ1) is 32.1. The number of hydrogen-bond acceptors (Lipinski definition) is 7. The SMILES string of the molecule is CCC[C@H](C)C(=O)N1C[C@H](Oc2cc(-c3ccccc3)nc3cc(OC)ccc23)C[C@H]1C(=O)N[C@]1(C(C)=O)CC1CCCC=O. The van der Waals surface area contributed by atoms with Crippen LogP contribution in [0.3, 0.4) is 0 Å². The highest BCUT2D eigenvalue weighted by molar-refractivity contribution is 5.97. The Labute approximate surface area is 264 Å². The Hall–Kier alpha value is -4.27. The molecule has 1 aliphatic carbocycles. The molecule has 45 heavy (non-hydrogen) atoms. The third-order valence-electron chi connectivity index (χ3n) is 9.29. The predicted octanol–water partition coefficient (Wildman–Crippen LogP) is 5.53. The van der Waals surface area contributed by atoms with E-state index in [-0.39, 0.29) is 36.0 Å². The lowest BCUT2D eigenvalue weighted by atomic mass is 10.0. The third-order valence-corrected chi connectivity index (χ3v) is 9.29. The van der Waals surface area contributed by atoms with Crippen LogP contribution in [0.1, 0.15) is 65.7 Å². The molecular weight excluding hydrogens is 570 g/mol. The van der Waals surface area contributed by atoms with Crippen LogP contribution >= 0.6 is 0 Å². The highest BCUT2D eigenvalue weighted by Crippen LogP contribution is 2.48. The number of ketones is 1. The number of ether oxygens (including phenoxy) is 2. The van der Waals surface area contributed by atoms with E-state index in [1.165, 1.54) is 6.92 Å². The van der Waals surface area contributed by atoms with Crippen molar-refractivity contribution in [2.45, 2.75) is 83.4 Å². The standard InChI is InChI=1S/C36H43N3O6/c1-5-11-23(2)35(43)39-22-28(19-32(39)34(42)38-36(24(3)41)21-26(36)14-9-10-17-40)45-33-20-30(25-12-7-6-8-13-25)37-31-18-27(44-4)15-16-29(31)33/h6-8,12-13,15-18,20,23,26,28,32H,5,9-11,14,19,21-22H2,1-4H3,(H,38,42)/t23-,26?,28+,32-,36-/m0/s1. The molecule has 1 unspecified atom stereocenters. The van der Waals surface area contributed by atoms with Crippen LogP contribution in [0.15, 0.2) is 54.6 Å². The summed E-state index contributed by atoms with van der Waals surface area (Å²) in [5, 5.41) is 3.85. The van der Waals surface area contributed by atoms with Gasteiger partial charge in [-0.15, -0.1) is 0 Å². The van der Waals surface area contributed by atoms with Crippen LogP contribution in [0.25, 0.3) is 22.2 Å². The number of carbonyl (C=O) groups excluding carboxylic acids is 4. The van der Waals surface area contributed by atoms with Crippen molar-refractivity contribution in [2.75, 3.05) is 13.7 Å². The maximum absolute atomic E-state index is 13.9. The minimum absolute atomic E-state index is 0.00732. The van der Waals surface area contributed by atoms with E-state index in [0.717, 1.165) is 29.4 Å². The van der Waals surface area contributed by atoms with Gasteiger partial charge in [0.15, 0.2) is 5.78 Å². The second-order valence-corrected chi connectivity index (χ2v) is 12.4. The molecule has 1 aliphatic heterocycles. The van der Waals surface area contributed by atoms with Gasteiger partial charge in [0.2, 0.25) is 11.8 Å². The van der Waals surface area contributed by atoms with E-state index in [1.807, 2.05) is 68.4 Å². The van der Waals surface area contributed by atoms with Crippen LogP contribution in [0.2, 0.25) is 0 Å². The van der Waals surface area contributed by atoms with Crippen molar-refractivity contribution < 1.29 is 28.7 Å². The number of pyridine rings is 1. The fourth-order valence-corrected chi connectivity index (χ4v) is 6.65. The normalized spacial score (nSPS) is 22.9. The molecule has 1 saturated carbocycles. The van der Waals surface area contributed by atoms with E-state index in [9.17, 15) is 19.2 Å². The van der Waals surface area contributed by atoms with Gasteiger partial charge in [-0.1, -0.05) is 50.6 Å². The molecule has 2 heterocycles. The van der Waals surface area contributed by atoms with Gasteiger partial charge in [-0.25, -0.2) is 4.98 Å². The molecule has 0 spiro atoms. The summed E-state index contributed by atoms with van der Waals surface area (Å²) < 4.78 is 12.1. The highest BCUT2D eigenvalue weighted by atomic mass is 16.5. The summed E-state index contributed by atoms with van der Waals surface area (Å²) in [5.74, 6) is 0.512. The number of rotatable bonds is 14. The summed E-state index contributed by atoms with van der Waals surface area (Å²) in [6, 6.07) is 16.6. The van der Waals surface area contributed by atoms with Crippen molar-refractivity contribution in [1.29, 1.82) is 0 Å². The van der Waals surface area contributed by atoms with Crippen molar-refractivity contribution in [3.05, 3.63) is 54.6 Å². The van der Waals surface area contributed by atoms with Crippen LogP contribution in [0.5, 0.6) is 11.5 Å². The average Bonchev–Trinajstić information content (AvgIpc) is 3.58. The number of fused-ring (bicyclic) bond motifs is 1. The number of methoxy groups -OCH3 is 1. The molecule has 5 rings (SSSR count). The Bertz CT molecular complexity index is 1560. The van der Waals surface area contributed by atoms with Gasteiger partial charge < -0.3 is 24.5 Å². The van der Waals surface area contributed by atoms with Gasteiger partial charge in [-0.3, -0.25) is 14.4 Å². The molecule has 1 aromatic heterocycles. The van der Waals surface area contributed by atoms with E-state index >= 15 is 0 Å². The molecule has 0 bridgehead atoms. The Morgan fingerprint density at radius 2 is 1.93 bits per heavy atom. The number of nitrogens with zero attached hydrogens (tertiary/aromatic N) is 2. The number of likely N-dealkylation sites (tertiary alicyclic amines) is 1. The molecule has 9 nitrogen and oxygen atoms in total. The van der Waals surface area contributed by atoms with Crippen LogP contribution in [0.4, 0.5) is 0 Å². The molecule has 5 atom stereocenters. The molecule has 238 valence electrons. The summed E-state index contributed by atoms with van der Waals surface area (Å²) in [6.07, 6.45) is 4.62. The first-order chi connectivity index (χ1) is 21.7. The Morgan fingerprint density at radius 1 is 1.16 bits per heavy atom. The minimum Gasteiger partial charge on any atom is -0.497 e. The second-order valence-electron chi connectivity index (χ2n) is 12.4. The van der Waals surface area contributed by atoms with Gasteiger partial charge in [0.05, 0.1) is 24.9 Å². The number of aldehydes is 1. The van der Waals surface area contributed by atoms with Gasteiger partial charge in [0, 0.05) is 41.8 Å². The first-order valence-corrected chi connectivity index (χ1v) is 16.0. The number of hydrogen-bond donors (Lipinski definition) is 1. The third kappa shape index (κ3) is 6.87. The van der Waals surface area contributed by atoms with Gasteiger partial charge in [-0.05, 0) is 50.7 Å². The number of aromatic nitrogens is 1. The molecule has 2 aromatic carbocycles. The van der Waals surface area contributed by atoms with Gasteiger partial charge in [0.25, 0.3) is 0 Å². The number of carbonyl (C=O) groups is 4. The number of benzene rings is 2. The summed E-state index contributed by atoms with van der Waals surface area (Å²) in [7, 11) is 1.61. The van der Waals surface area contributed by atoms with Gasteiger partial charge >= 0.3 is 0 Å². The summed E-state index contributed by atoms with van der Waals surface area (Å²) in [6.45, 7) is 5.68. The molecular formula is C36H43N3O6. The maximum atomic E-state index is 13.9. The molecule has 1 saturated heterocycles. The zero-order valence-electron chi connectivity index (χ0n) is 26.6. The quantitative estimate of drug-likeness (QED) is 0.188. The molecule has 1 N–H and O–H groups in total. The fourth-order valence-electron chi connectivity index (χ4n) is 6.65. The van der Waals surface area contributed by atoms with E-state index in [2.05, 4.69) is 5.32 Å². The van der Waals surface area contributed by atoms with E-state index < -0.39 is 17.7 Å². The summed E-state index contributed by atoms with van der Waals surface area (Å²) in [5.41, 5.74) is 1.44. The van der Waals surface area contributed by atoms with Gasteiger partial charge in [-0.2, -0.15) is 0 Å². The van der Waals surface area contributed by atoms with E-state index in [1.54, 1.807) is 12.0 Å². The van der Waals surface area contributed by atoms with Crippen LogP contribution in [-0.4, -0.2) is 65.1 Å². The second kappa shape index (κ2) is 13.8. The highest BCUT2D eigenvalue weighted by Gasteiger charge is 2.59. The zero-order chi connectivity index (χ0) is 32.1. The Balaban J connectivity index is 1.43. The summed E-state index contributed by atoms with van der Waals surface area (Å²) >= 11 is 0. The number of Topliss-reactive ketones (excluding diaryl/α,β-unsaturated/α-hetero) is 1. The monoisotopic (exact) mass is 613 g/mol. The lowest BCUT2D eigenvalue weighted by Gasteiger charge is -2.28. The molecule has 3 aromatic rings. The molecule has 2 aliphatic rings. The van der Waals surface area contributed by atoms with Crippen molar-refractivity contribution in [1.82, 2.24) is 15.2 Å². The van der Waals surface area contributed by atoms with Crippen LogP contribution in [0, 0.1) is 11.8 Å². The van der Waals surface area contributed by atoms with E-state index in [4.69, 9.17) is 14.5 Å². The Morgan fingerprint density at radius 3 is 2.62 bits per heavy atom. The van der Waals surface area contributed by atoms with Crippen molar-refractivity contribution in [2.24, 2.45) is 11.8 Å². The lowest BCUT2D eigenvalue weighted by Crippen LogP contribution is -2.53. The minimum atomic E-state index is -0.937. The van der Waals surface area contributed by atoms with Gasteiger partial charge in [0.1, 0.15) is 35.5 Å². The van der Waals surface area contributed by atoms with Crippen molar-refractivity contribution >= 4 is 34.8 Å². The lowest BCUT2D eigenvalue weighted by molar-refractivity contribution is -0.142. The van der Waals surface area contributed by atoms with Crippen LogP contribution in [-0.2, 0) is 19.2 Å². The number of nitrogens with one attached hydrogen (secondary N) is 1. The molecule has 9 heteroatoms. The molecule has 2 amide bonds. The van der Waals surface area contributed by atoms with E-state index in [0.29, 0.717) is 55.5 Å². The Kier molecular flexibility index (Phi) is 9.85. The van der Waals surface area contributed by atoms with Crippen molar-refractivity contribution in [3.8, 4) is 22.8 Å². The molecule has 2 fully saturated rings. The fraction of sp³-hybridized carbons (Fsp3) is 0.472. The summed E-state index contributed by atoms with van der Waals surface area (Å²) in [4.78, 5) is 57.7. The number of unbranched alkanes of at least 4 members (excludes halogenated alkanes) is 1. The zero-order valence-corrected chi connectivity index (χ0v) is 26.6. The average molecular weight is 614 g/mol. The number of amides is 2. The first-order valence-electron chi connectivity index (χ1n) is 16.0. The predicted molar refractivity (Wildman–Crippen MR) is 172 cm³/mol. The molecule has 0 radical (unpaired) electrons. The largest absolute Gasteiger partial charge is 0.497 e. The maximum Gasteiger partial charge on any atom is 0.243 e. The van der Waals surface area contributed by atoms with Crippen molar-refractivity contribution in [3.63, 3.8) is 0 Å². The van der Waals surface area contributed by atoms with Crippen LogP contribution < -0.4 is 14.8 Å². The topological polar surface area (TPSA) is 115 Å². The smallest absolute Gasteiger partial charge is 0.243 e.